The Balaban J connectivity index is 1.78. The summed E-state index contributed by atoms with van der Waals surface area (Å²) in [5.74, 6) is -0.179. The summed E-state index contributed by atoms with van der Waals surface area (Å²) < 4.78 is 3.08. The van der Waals surface area contributed by atoms with E-state index in [1.54, 1.807) is 30.9 Å². The highest BCUT2D eigenvalue weighted by molar-refractivity contribution is 6.08. The van der Waals surface area contributed by atoms with Crippen LogP contribution in [0.25, 0.3) is 21.8 Å². The van der Waals surface area contributed by atoms with Crippen LogP contribution in [0.4, 0.5) is 0 Å². The zero-order valence-corrected chi connectivity index (χ0v) is 15.1. The van der Waals surface area contributed by atoms with E-state index in [-0.39, 0.29) is 11.5 Å². The predicted octanol–water partition coefficient (Wildman–Crippen LogP) is 2.16. The molecular weight excluding hydrogens is 342 g/mol. The third-order valence-corrected chi connectivity index (χ3v) is 4.74. The highest BCUT2D eigenvalue weighted by Crippen LogP contribution is 2.29. The molecule has 0 saturated heterocycles. The van der Waals surface area contributed by atoms with Crippen LogP contribution in [-0.2, 0) is 18.4 Å². The van der Waals surface area contributed by atoms with Gasteiger partial charge in [-0.1, -0.05) is 24.3 Å². The molecule has 1 atom stereocenters. The van der Waals surface area contributed by atoms with Gasteiger partial charge >= 0.3 is 0 Å². The molecule has 7 nitrogen and oxygen atoms in total. The fourth-order valence-electron chi connectivity index (χ4n) is 3.34. The molecular formula is C20H19N5O2. The number of para-hydroxylation sites is 1. The van der Waals surface area contributed by atoms with Crippen molar-refractivity contribution in [3.8, 4) is 0 Å². The molecule has 1 N–H and O–H groups in total. The van der Waals surface area contributed by atoms with Crippen LogP contribution >= 0.6 is 0 Å². The minimum atomic E-state index is -0.564. The van der Waals surface area contributed by atoms with Gasteiger partial charge in [-0.25, -0.2) is 4.68 Å². The lowest BCUT2D eigenvalue weighted by atomic mass is 10.2. The van der Waals surface area contributed by atoms with Crippen molar-refractivity contribution in [2.45, 2.75) is 19.5 Å². The number of nitrogens with one attached hydrogen (secondary N) is 1. The summed E-state index contributed by atoms with van der Waals surface area (Å²) in [6.45, 7) is 2.13. The first-order valence-corrected chi connectivity index (χ1v) is 8.70. The van der Waals surface area contributed by atoms with Gasteiger partial charge in [0.25, 0.3) is 5.56 Å². The molecule has 0 aliphatic rings. The lowest BCUT2D eigenvalue weighted by Crippen LogP contribution is -2.32. The number of carbonyl (C=O) groups is 1. The van der Waals surface area contributed by atoms with E-state index in [0.717, 1.165) is 22.0 Å². The molecule has 27 heavy (non-hydrogen) atoms. The first kappa shape index (κ1) is 17.0. The lowest BCUT2D eigenvalue weighted by molar-refractivity contribution is -0.123. The molecule has 0 fully saturated rings. The Bertz CT molecular complexity index is 1190. The number of nitrogens with zero attached hydrogens (tertiary/aromatic N) is 4. The Labute approximate surface area is 155 Å². The van der Waals surface area contributed by atoms with Gasteiger partial charge in [0.1, 0.15) is 11.6 Å². The second-order valence-electron chi connectivity index (χ2n) is 6.44. The van der Waals surface area contributed by atoms with E-state index >= 15 is 0 Å². The second-order valence-corrected chi connectivity index (χ2v) is 6.44. The standard InChI is InChI=1S/C20H19N5O2/c1-13(19(26)22-11-14-7-5-6-10-21-14)25-17-9-4-3-8-15(17)16-12-23-24(2)20(27)18(16)25/h3-10,12-13H,11H2,1-2H3,(H,22,26)/t13-/m1/s1. The maximum atomic E-state index is 12.8. The maximum Gasteiger partial charge on any atom is 0.291 e. The average molecular weight is 361 g/mol. The Morgan fingerprint density at radius 3 is 2.70 bits per heavy atom. The summed E-state index contributed by atoms with van der Waals surface area (Å²) in [6, 6.07) is 12.7. The van der Waals surface area contributed by atoms with Crippen LogP contribution < -0.4 is 10.9 Å². The average Bonchev–Trinajstić information content (AvgIpc) is 3.04. The number of benzene rings is 1. The van der Waals surface area contributed by atoms with Gasteiger partial charge in [0.05, 0.1) is 24.0 Å². The van der Waals surface area contributed by atoms with E-state index < -0.39 is 6.04 Å². The van der Waals surface area contributed by atoms with Crippen LogP contribution in [-0.4, -0.2) is 25.2 Å². The second kappa shape index (κ2) is 6.68. The SMILES string of the molecule is C[C@H](C(=O)NCc1ccccn1)n1c2ccccc2c2cnn(C)c(=O)c21. The molecule has 1 amide bonds. The highest BCUT2D eigenvalue weighted by Gasteiger charge is 2.23. The lowest BCUT2D eigenvalue weighted by Gasteiger charge is -2.16. The summed E-state index contributed by atoms with van der Waals surface area (Å²) in [5.41, 5.74) is 1.86. The summed E-state index contributed by atoms with van der Waals surface area (Å²) in [5, 5.41) is 8.69. The minimum Gasteiger partial charge on any atom is -0.349 e. The molecule has 0 spiro atoms. The van der Waals surface area contributed by atoms with Gasteiger partial charge < -0.3 is 9.88 Å². The summed E-state index contributed by atoms with van der Waals surface area (Å²) in [4.78, 5) is 29.8. The van der Waals surface area contributed by atoms with Crippen LogP contribution in [0.2, 0.25) is 0 Å². The van der Waals surface area contributed by atoms with Gasteiger partial charge in [-0.15, -0.1) is 0 Å². The zero-order valence-electron chi connectivity index (χ0n) is 15.1. The van der Waals surface area contributed by atoms with Gasteiger partial charge in [0.2, 0.25) is 5.91 Å². The van der Waals surface area contributed by atoms with Crippen LogP contribution in [0.3, 0.4) is 0 Å². The van der Waals surface area contributed by atoms with Crippen LogP contribution in [0, 0.1) is 0 Å². The van der Waals surface area contributed by atoms with Crippen molar-refractivity contribution in [2.24, 2.45) is 7.05 Å². The molecule has 0 aliphatic heterocycles. The van der Waals surface area contributed by atoms with E-state index in [9.17, 15) is 9.59 Å². The molecule has 3 heterocycles. The molecule has 0 unspecified atom stereocenters. The fraction of sp³-hybridized carbons (Fsp3) is 0.200. The molecule has 0 radical (unpaired) electrons. The van der Waals surface area contributed by atoms with E-state index in [1.165, 1.54) is 4.68 Å². The molecule has 1 aromatic carbocycles. The molecule has 7 heteroatoms. The molecule has 0 saturated carbocycles. The Kier molecular flexibility index (Phi) is 4.19. The number of aryl methyl sites for hydroxylation is 1. The minimum absolute atomic E-state index is 0.179. The van der Waals surface area contributed by atoms with Gasteiger partial charge in [-0.2, -0.15) is 5.10 Å². The van der Waals surface area contributed by atoms with Crippen LogP contribution in [0.15, 0.2) is 59.7 Å². The molecule has 4 aromatic rings. The van der Waals surface area contributed by atoms with Gasteiger partial charge in [0, 0.05) is 24.0 Å². The molecule has 3 aromatic heterocycles. The smallest absolute Gasteiger partial charge is 0.291 e. The van der Waals surface area contributed by atoms with Gasteiger partial charge in [-0.3, -0.25) is 14.6 Å². The monoisotopic (exact) mass is 361 g/mol. The number of hydrogen-bond acceptors (Lipinski definition) is 4. The Morgan fingerprint density at radius 1 is 1.15 bits per heavy atom. The van der Waals surface area contributed by atoms with Crippen LogP contribution in [0.5, 0.6) is 0 Å². The van der Waals surface area contributed by atoms with E-state index in [2.05, 4.69) is 15.4 Å². The topological polar surface area (TPSA) is 81.8 Å². The number of aromatic nitrogens is 4. The van der Waals surface area contributed by atoms with Crippen molar-refractivity contribution in [2.75, 3.05) is 0 Å². The predicted molar refractivity (Wildman–Crippen MR) is 103 cm³/mol. The third kappa shape index (κ3) is 2.87. The van der Waals surface area contributed by atoms with Gasteiger partial charge in [-0.05, 0) is 25.1 Å². The van der Waals surface area contributed by atoms with E-state index in [1.807, 2.05) is 42.5 Å². The van der Waals surface area contributed by atoms with Crippen molar-refractivity contribution in [3.05, 3.63) is 70.9 Å². The number of pyridine rings is 1. The van der Waals surface area contributed by atoms with Crippen molar-refractivity contribution >= 4 is 27.7 Å². The van der Waals surface area contributed by atoms with E-state index in [0.29, 0.717) is 12.1 Å². The fourth-order valence-corrected chi connectivity index (χ4v) is 3.34. The largest absolute Gasteiger partial charge is 0.349 e. The number of fused-ring (bicyclic) bond motifs is 3. The summed E-state index contributed by atoms with van der Waals surface area (Å²) in [6.07, 6.45) is 3.36. The van der Waals surface area contributed by atoms with Crippen LogP contribution in [0.1, 0.15) is 18.7 Å². The Morgan fingerprint density at radius 2 is 1.93 bits per heavy atom. The quantitative estimate of drug-likeness (QED) is 0.604. The molecule has 0 aliphatic carbocycles. The first-order valence-electron chi connectivity index (χ1n) is 8.70. The normalized spacial score (nSPS) is 12.4. The number of carbonyl (C=O) groups excluding carboxylic acids is 1. The zero-order chi connectivity index (χ0) is 19.0. The number of amides is 1. The molecule has 136 valence electrons. The summed E-state index contributed by atoms with van der Waals surface area (Å²) >= 11 is 0. The van der Waals surface area contributed by atoms with Gasteiger partial charge in [0.15, 0.2) is 0 Å². The first-order chi connectivity index (χ1) is 13.1. The summed E-state index contributed by atoms with van der Waals surface area (Å²) in [7, 11) is 1.61. The van der Waals surface area contributed by atoms with Crippen molar-refractivity contribution < 1.29 is 4.79 Å². The van der Waals surface area contributed by atoms with Crippen molar-refractivity contribution in [1.82, 2.24) is 24.6 Å². The maximum absolute atomic E-state index is 12.8. The third-order valence-electron chi connectivity index (χ3n) is 4.74. The van der Waals surface area contributed by atoms with E-state index in [4.69, 9.17) is 0 Å². The number of hydrogen-bond donors (Lipinski definition) is 1. The van der Waals surface area contributed by atoms with Crippen molar-refractivity contribution in [3.63, 3.8) is 0 Å². The van der Waals surface area contributed by atoms with Crippen molar-refractivity contribution in [1.29, 1.82) is 0 Å². The number of rotatable bonds is 4. The highest BCUT2D eigenvalue weighted by atomic mass is 16.2. The Hall–Kier alpha value is -3.48. The molecule has 0 bridgehead atoms. The molecule has 4 rings (SSSR count).